The number of hydrogen-bond donors (Lipinski definition) is 2. The number of aryl methyl sites for hydroxylation is 1. The third kappa shape index (κ3) is 3.67. The Kier molecular flexibility index (Phi) is 4.56. The average molecular weight is 357 g/mol. The maximum absolute atomic E-state index is 12.7. The molecular weight excluding hydrogens is 330 g/mol. The van der Waals surface area contributed by atoms with Crippen LogP contribution in [0.5, 0.6) is 0 Å². The van der Waals surface area contributed by atoms with Gasteiger partial charge in [-0.1, -0.05) is 0 Å². The van der Waals surface area contributed by atoms with Crippen LogP contribution in [0, 0.1) is 6.92 Å². The lowest BCUT2D eigenvalue weighted by Crippen LogP contribution is -2.28. The van der Waals surface area contributed by atoms with E-state index >= 15 is 0 Å². The normalized spacial score (nSPS) is 19.0. The van der Waals surface area contributed by atoms with Crippen LogP contribution in [0.15, 0.2) is 10.7 Å². The van der Waals surface area contributed by atoms with Crippen LogP contribution in [-0.2, 0) is 0 Å². The molecule has 0 atom stereocenters. The van der Waals surface area contributed by atoms with Crippen molar-refractivity contribution in [3.8, 4) is 0 Å². The number of furan rings is 1. The molecule has 0 aromatic carbocycles. The Morgan fingerprint density at radius 1 is 1.31 bits per heavy atom. The third-order valence-corrected chi connectivity index (χ3v) is 5.35. The molecule has 2 aliphatic rings. The summed E-state index contributed by atoms with van der Waals surface area (Å²) in [6, 6.07) is 0. The molecule has 1 aliphatic carbocycles. The summed E-state index contributed by atoms with van der Waals surface area (Å²) in [5.74, 6) is 1.21. The molecule has 7 nitrogen and oxygen atoms in total. The number of carbonyl (C=O) groups excluding carboxylic acids is 1. The second kappa shape index (κ2) is 6.87. The minimum absolute atomic E-state index is 0.0640. The predicted molar refractivity (Wildman–Crippen MR) is 100 cm³/mol. The number of nitrogens with zero attached hydrogens (tertiary/aromatic N) is 3. The smallest absolute Gasteiger partial charge is 0.255 e. The summed E-state index contributed by atoms with van der Waals surface area (Å²) >= 11 is 0. The SMILES string of the molecule is Cc1nc(NC2(C)CC2)c2c(C(=O)NCCCN3CCCC3)coc2n1. The second-order valence-electron chi connectivity index (χ2n) is 7.79. The number of aromatic nitrogens is 2. The van der Waals surface area contributed by atoms with Crippen molar-refractivity contribution in [1.29, 1.82) is 0 Å². The van der Waals surface area contributed by atoms with E-state index in [0.717, 1.165) is 25.8 Å². The zero-order chi connectivity index (χ0) is 18.1. The first kappa shape index (κ1) is 17.3. The van der Waals surface area contributed by atoms with Crippen molar-refractivity contribution in [2.45, 2.75) is 51.5 Å². The van der Waals surface area contributed by atoms with Crippen LogP contribution in [0.2, 0.25) is 0 Å². The molecule has 7 heteroatoms. The Labute approximate surface area is 153 Å². The van der Waals surface area contributed by atoms with Gasteiger partial charge < -0.3 is 20.0 Å². The molecule has 4 rings (SSSR count). The lowest BCUT2D eigenvalue weighted by molar-refractivity contribution is 0.0953. The van der Waals surface area contributed by atoms with Crippen LogP contribution >= 0.6 is 0 Å². The minimum atomic E-state index is -0.123. The molecule has 3 heterocycles. The van der Waals surface area contributed by atoms with Crippen LogP contribution < -0.4 is 10.6 Å². The number of anilines is 1. The topological polar surface area (TPSA) is 83.3 Å². The minimum Gasteiger partial charge on any atom is -0.445 e. The van der Waals surface area contributed by atoms with Crippen LogP contribution in [0.1, 0.15) is 55.2 Å². The van der Waals surface area contributed by atoms with Crippen molar-refractivity contribution < 1.29 is 9.21 Å². The quantitative estimate of drug-likeness (QED) is 0.742. The first-order chi connectivity index (χ1) is 12.5. The number of hydrogen-bond acceptors (Lipinski definition) is 6. The summed E-state index contributed by atoms with van der Waals surface area (Å²) in [4.78, 5) is 24.0. The first-order valence-electron chi connectivity index (χ1n) is 9.59. The highest BCUT2D eigenvalue weighted by Gasteiger charge is 2.38. The molecule has 1 amide bonds. The molecule has 140 valence electrons. The van der Waals surface area contributed by atoms with Crippen molar-refractivity contribution in [3.05, 3.63) is 17.7 Å². The van der Waals surface area contributed by atoms with Gasteiger partial charge in [0.15, 0.2) is 0 Å². The van der Waals surface area contributed by atoms with E-state index in [-0.39, 0.29) is 11.4 Å². The Balaban J connectivity index is 1.45. The van der Waals surface area contributed by atoms with Gasteiger partial charge >= 0.3 is 0 Å². The number of amides is 1. The fourth-order valence-corrected chi connectivity index (χ4v) is 3.51. The first-order valence-corrected chi connectivity index (χ1v) is 9.59. The molecule has 0 spiro atoms. The van der Waals surface area contributed by atoms with Crippen molar-refractivity contribution in [2.75, 3.05) is 31.5 Å². The highest BCUT2D eigenvalue weighted by molar-refractivity contribution is 6.08. The van der Waals surface area contributed by atoms with E-state index in [1.807, 2.05) is 6.92 Å². The summed E-state index contributed by atoms with van der Waals surface area (Å²) in [5, 5.41) is 7.16. The van der Waals surface area contributed by atoms with Crippen LogP contribution in [0.3, 0.4) is 0 Å². The Bertz CT molecular complexity index is 806. The summed E-state index contributed by atoms with van der Waals surface area (Å²) in [5.41, 5.74) is 1.04. The number of nitrogens with one attached hydrogen (secondary N) is 2. The maximum atomic E-state index is 12.7. The lowest BCUT2D eigenvalue weighted by Gasteiger charge is -2.15. The summed E-state index contributed by atoms with van der Waals surface area (Å²) < 4.78 is 5.55. The van der Waals surface area contributed by atoms with Gasteiger partial charge in [0.2, 0.25) is 5.71 Å². The molecule has 2 N–H and O–H groups in total. The highest BCUT2D eigenvalue weighted by atomic mass is 16.3. The molecule has 1 aliphatic heterocycles. The molecule has 1 saturated carbocycles. The highest BCUT2D eigenvalue weighted by Crippen LogP contribution is 2.39. The van der Waals surface area contributed by atoms with Gasteiger partial charge in [0, 0.05) is 12.1 Å². The van der Waals surface area contributed by atoms with Crippen molar-refractivity contribution in [2.24, 2.45) is 0 Å². The zero-order valence-electron chi connectivity index (χ0n) is 15.6. The monoisotopic (exact) mass is 357 g/mol. The Morgan fingerprint density at radius 3 is 2.81 bits per heavy atom. The van der Waals surface area contributed by atoms with Crippen molar-refractivity contribution in [3.63, 3.8) is 0 Å². The number of carbonyl (C=O) groups is 1. The summed E-state index contributed by atoms with van der Waals surface area (Å²) in [6.07, 6.45) is 7.25. The van der Waals surface area contributed by atoms with Crippen LogP contribution in [0.25, 0.3) is 11.1 Å². The summed E-state index contributed by atoms with van der Waals surface area (Å²) in [7, 11) is 0. The predicted octanol–water partition coefficient (Wildman–Crippen LogP) is 2.71. The molecular formula is C19H27N5O2. The second-order valence-corrected chi connectivity index (χ2v) is 7.79. The molecule has 0 unspecified atom stereocenters. The lowest BCUT2D eigenvalue weighted by atomic mass is 10.2. The van der Waals surface area contributed by atoms with E-state index in [4.69, 9.17) is 4.42 Å². The molecule has 2 aromatic rings. The molecule has 2 fully saturated rings. The van der Waals surface area contributed by atoms with Gasteiger partial charge in [-0.3, -0.25) is 4.79 Å². The van der Waals surface area contributed by atoms with Gasteiger partial charge in [0.1, 0.15) is 17.9 Å². The standard InChI is InChI=1S/C19H27N5O2/c1-13-21-16(23-19(2)6-7-19)15-14(12-26-18(15)22-13)17(25)20-8-5-11-24-9-3-4-10-24/h12H,3-11H2,1-2H3,(H,20,25)(H,21,22,23). The fourth-order valence-electron chi connectivity index (χ4n) is 3.51. The summed E-state index contributed by atoms with van der Waals surface area (Å²) in [6.45, 7) is 8.07. The Hall–Kier alpha value is -2.15. The molecule has 1 saturated heterocycles. The van der Waals surface area contributed by atoms with E-state index in [1.54, 1.807) is 0 Å². The van der Waals surface area contributed by atoms with Gasteiger partial charge in [0.05, 0.1) is 10.9 Å². The van der Waals surface area contributed by atoms with Gasteiger partial charge in [-0.25, -0.2) is 4.98 Å². The van der Waals surface area contributed by atoms with Crippen molar-refractivity contribution >= 4 is 22.8 Å². The third-order valence-electron chi connectivity index (χ3n) is 5.35. The number of rotatable bonds is 7. The average Bonchev–Trinajstić information content (AvgIpc) is 3.04. The largest absolute Gasteiger partial charge is 0.445 e. The molecule has 26 heavy (non-hydrogen) atoms. The van der Waals surface area contributed by atoms with E-state index in [2.05, 4.69) is 32.4 Å². The number of likely N-dealkylation sites (tertiary alicyclic amines) is 1. The molecule has 0 bridgehead atoms. The van der Waals surface area contributed by atoms with E-state index in [9.17, 15) is 4.79 Å². The van der Waals surface area contributed by atoms with E-state index in [0.29, 0.717) is 34.9 Å². The van der Waals surface area contributed by atoms with Crippen LogP contribution in [-0.4, -0.2) is 52.5 Å². The maximum Gasteiger partial charge on any atom is 0.255 e. The van der Waals surface area contributed by atoms with Gasteiger partial charge in [0.25, 0.3) is 5.91 Å². The zero-order valence-corrected chi connectivity index (χ0v) is 15.6. The van der Waals surface area contributed by atoms with Gasteiger partial charge in [-0.05, 0) is 65.6 Å². The van der Waals surface area contributed by atoms with E-state index < -0.39 is 0 Å². The van der Waals surface area contributed by atoms with Gasteiger partial charge in [-0.15, -0.1) is 0 Å². The number of fused-ring (bicyclic) bond motifs is 1. The van der Waals surface area contributed by atoms with Crippen LogP contribution in [0.4, 0.5) is 5.82 Å². The Morgan fingerprint density at radius 2 is 2.08 bits per heavy atom. The fraction of sp³-hybridized carbons (Fsp3) is 0.632. The molecule has 0 radical (unpaired) electrons. The van der Waals surface area contributed by atoms with E-state index in [1.165, 1.54) is 32.2 Å². The molecule has 2 aromatic heterocycles. The van der Waals surface area contributed by atoms with Gasteiger partial charge in [-0.2, -0.15) is 4.98 Å². The van der Waals surface area contributed by atoms with Crippen molar-refractivity contribution in [1.82, 2.24) is 20.2 Å².